The van der Waals surface area contributed by atoms with Gasteiger partial charge in [-0.1, -0.05) is 13.0 Å². The summed E-state index contributed by atoms with van der Waals surface area (Å²) in [5.41, 5.74) is 0.137. The van der Waals surface area contributed by atoms with Crippen LogP contribution in [0, 0.1) is 17.0 Å². The number of benzene rings is 1. The van der Waals surface area contributed by atoms with E-state index < -0.39 is 21.0 Å². The second-order valence-electron chi connectivity index (χ2n) is 4.11. The minimum atomic E-state index is -3.87. The molecule has 0 aliphatic rings. The molecule has 0 amide bonds. The molecule has 0 unspecified atom stereocenters. The monoisotopic (exact) mass is 288 g/mol. The zero-order chi connectivity index (χ0) is 14.6. The summed E-state index contributed by atoms with van der Waals surface area (Å²) in [6, 6.07) is 3.09. The number of aliphatic hydroxyl groups excluding tert-OH is 1. The highest BCUT2D eigenvalue weighted by molar-refractivity contribution is 7.89. The molecule has 19 heavy (non-hydrogen) atoms. The third-order valence-electron chi connectivity index (χ3n) is 2.72. The molecule has 1 rings (SSSR count). The van der Waals surface area contributed by atoms with Crippen molar-refractivity contribution < 1.29 is 18.4 Å². The van der Waals surface area contributed by atoms with Gasteiger partial charge in [-0.2, -0.15) is 0 Å². The topological polar surface area (TPSA) is 110 Å². The normalized spacial score (nSPS) is 13.2. The fourth-order valence-electron chi connectivity index (χ4n) is 1.49. The molecule has 106 valence electrons. The number of rotatable bonds is 6. The van der Waals surface area contributed by atoms with Gasteiger partial charge in [0.05, 0.1) is 16.4 Å². The Morgan fingerprint density at radius 2 is 2.11 bits per heavy atom. The summed E-state index contributed by atoms with van der Waals surface area (Å²) in [6.07, 6.45) is 0.420. The van der Waals surface area contributed by atoms with Crippen molar-refractivity contribution in [2.45, 2.75) is 31.2 Å². The van der Waals surface area contributed by atoms with E-state index in [1.54, 1.807) is 6.92 Å². The van der Waals surface area contributed by atoms with Crippen LogP contribution in [-0.4, -0.2) is 31.1 Å². The van der Waals surface area contributed by atoms with Gasteiger partial charge in [0.25, 0.3) is 5.69 Å². The Morgan fingerprint density at radius 3 is 2.58 bits per heavy atom. The van der Waals surface area contributed by atoms with Gasteiger partial charge < -0.3 is 5.11 Å². The third-order valence-corrected chi connectivity index (χ3v) is 4.24. The van der Waals surface area contributed by atoms with Gasteiger partial charge >= 0.3 is 0 Å². The molecule has 0 saturated heterocycles. The number of hydrogen-bond acceptors (Lipinski definition) is 5. The Hall–Kier alpha value is -1.51. The Kier molecular flexibility index (Phi) is 4.98. The second kappa shape index (κ2) is 6.09. The number of nitrogens with one attached hydrogen (secondary N) is 1. The van der Waals surface area contributed by atoms with Crippen LogP contribution in [0.4, 0.5) is 5.69 Å². The number of sulfonamides is 1. The summed E-state index contributed by atoms with van der Waals surface area (Å²) in [4.78, 5) is 9.97. The predicted molar refractivity (Wildman–Crippen MR) is 69.3 cm³/mol. The lowest BCUT2D eigenvalue weighted by Gasteiger charge is -2.14. The maximum Gasteiger partial charge on any atom is 0.273 e. The van der Waals surface area contributed by atoms with Crippen molar-refractivity contribution in [3.05, 3.63) is 33.9 Å². The molecule has 0 aliphatic heterocycles. The molecule has 8 heteroatoms. The van der Waals surface area contributed by atoms with Crippen LogP contribution in [-0.2, 0) is 10.0 Å². The molecule has 0 fully saturated rings. The van der Waals surface area contributed by atoms with E-state index in [-0.39, 0.29) is 17.2 Å². The average molecular weight is 288 g/mol. The van der Waals surface area contributed by atoms with E-state index in [4.69, 9.17) is 5.11 Å². The molecule has 0 heterocycles. The highest BCUT2D eigenvalue weighted by Gasteiger charge is 2.22. The molecule has 0 saturated carbocycles. The molecule has 1 aromatic rings. The Balaban J connectivity index is 3.15. The number of aryl methyl sites for hydroxylation is 1. The van der Waals surface area contributed by atoms with Crippen LogP contribution in [0.5, 0.6) is 0 Å². The fraction of sp³-hybridized carbons (Fsp3) is 0.455. The highest BCUT2D eigenvalue weighted by atomic mass is 32.2. The van der Waals surface area contributed by atoms with Gasteiger partial charge in [0.2, 0.25) is 10.0 Å². The van der Waals surface area contributed by atoms with Crippen molar-refractivity contribution in [3.8, 4) is 0 Å². The van der Waals surface area contributed by atoms with Gasteiger partial charge in [-0.3, -0.25) is 10.1 Å². The summed E-state index contributed by atoms with van der Waals surface area (Å²) >= 11 is 0. The average Bonchev–Trinajstić information content (AvgIpc) is 2.35. The minimum absolute atomic E-state index is 0.184. The van der Waals surface area contributed by atoms with Gasteiger partial charge in [0.15, 0.2) is 0 Å². The Morgan fingerprint density at radius 1 is 1.47 bits per heavy atom. The van der Waals surface area contributed by atoms with E-state index in [1.807, 2.05) is 0 Å². The van der Waals surface area contributed by atoms with E-state index >= 15 is 0 Å². The van der Waals surface area contributed by atoms with E-state index in [0.29, 0.717) is 12.0 Å². The van der Waals surface area contributed by atoms with Crippen LogP contribution < -0.4 is 4.72 Å². The van der Waals surface area contributed by atoms with E-state index in [1.165, 1.54) is 19.1 Å². The van der Waals surface area contributed by atoms with E-state index in [2.05, 4.69) is 4.72 Å². The van der Waals surface area contributed by atoms with Crippen LogP contribution in [0.3, 0.4) is 0 Å². The quantitative estimate of drug-likeness (QED) is 0.598. The predicted octanol–water partition coefficient (Wildman–Crippen LogP) is 0.952. The summed E-state index contributed by atoms with van der Waals surface area (Å²) in [6.45, 7) is 2.93. The van der Waals surface area contributed by atoms with Crippen molar-refractivity contribution in [2.24, 2.45) is 0 Å². The standard InChI is InChI=1S/C11H16N2O5S/c1-3-9(7-14)12-19(17,18)10-5-4-8(2)11(6-10)13(15)16/h4-6,9,12,14H,3,7H2,1-2H3/t9-/m1/s1. The van der Waals surface area contributed by atoms with Gasteiger partial charge in [-0.15, -0.1) is 0 Å². The maximum atomic E-state index is 12.0. The van der Waals surface area contributed by atoms with Crippen LogP contribution in [0.1, 0.15) is 18.9 Å². The molecule has 7 nitrogen and oxygen atoms in total. The van der Waals surface area contributed by atoms with Crippen molar-refractivity contribution in [1.29, 1.82) is 0 Å². The number of hydrogen-bond donors (Lipinski definition) is 2. The lowest BCUT2D eigenvalue weighted by Crippen LogP contribution is -2.36. The Bertz CT molecular complexity index is 566. The molecule has 1 atom stereocenters. The van der Waals surface area contributed by atoms with E-state index in [9.17, 15) is 18.5 Å². The first kappa shape index (κ1) is 15.5. The lowest BCUT2D eigenvalue weighted by molar-refractivity contribution is -0.385. The highest BCUT2D eigenvalue weighted by Crippen LogP contribution is 2.22. The molecule has 0 bridgehead atoms. The summed E-state index contributed by atoms with van der Waals surface area (Å²) in [5, 5.41) is 19.8. The lowest BCUT2D eigenvalue weighted by atomic mass is 10.2. The van der Waals surface area contributed by atoms with Gasteiger partial charge in [-0.25, -0.2) is 13.1 Å². The van der Waals surface area contributed by atoms with Crippen LogP contribution >= 0.6 is 0 Å². The number of aliphatic hydroxyl groups is 1. The van der Waals surface area contributed by atoms with Gasteiger partial charge in [0, 0.05) is 17.7 Å². The molecular weight excluding hydrogens is 272 g/mol. The first-order chi connectivity index (χ1) is 8.81. The first-order valence-electron chi connectivity index (χ1n) is 5.70. The molecule has 1 aromatic carbocycles. The van der Waals surface area contributed by atoms with Crippen LogP contribution in [0.2, 0.25) is 0 Å². The molecule has 0 spiro atoms. The van der Waals surface area contributed by atoms with Crippen molar-refractivity contribution in [2.75, 3.05) is 6.61 Å². The fourth-order valence-corrected chi connectivity index (χ4v) is 2.82. The van der Waals surface area contributed by atoms with Crippen molar-refractivity contribution in [3.63, 3.8) is 0 Å². The zero-order valence-corrected chi connectivity index (χ0v) is 11.5. The number of nitrogens with zero attached hydrogens (tertiary/aromatic N) is 1. The molecule has 2 N–H and O–H groups in total. The molecular formula is C11H16N2O5S. The van der Waals surface area contributed by atoms with Crippen molar-refractivity contribution in [1.82, 2.24) is 4.72 Å². The molecule has 0 aliphatic carbocycles. The van der Waals surface area contributed by atoms with Crippen LogP contribution in [0.15, 0.2) is 23.1 Å². The molecule has 0 radical (unpaired) electrons. The SMILES string of the molecule is CC[C@H](CO)NS(=O)(=O)c1ccc(C)c([N+](=O)[O-])c1. The van der Waals surface area contributed by atoms with Crippen LogP contribution in [0.25, 0.3) is 0 Å². The number of nitro groups is 1. The maximum absolute atomic E-state index is 12.0. The van der Waals surface area contributed by atoms with E-state index in [0.717, 1.165) is 6.07 Å². The largest absolute Gasteiger partial charge is 0.395 e. The van der Waals surface area contributed by atoms with Gasteiger partial charge in [-0.05, 0) is 19.4 Å². The smallest absolute Gasteiger partial charge is 0.273 e. The Labute approximate surface area is 111 Å². The first-order valence-corrected chi connectivity index (χ1v) is 7.18. The molecule has 0 aromatic heterocycles. The second-order valence-corrected chi connectivity index (χ2v) is 5.83. The summed E-state index contributed by atoms with van der Waals surface area (Å²) < 4.78 is 26.3. The minimum Gasteiger partial charge on any atom is -0.395 e. The zero-order valence-electron chi connectivity index (χ0n) is 10.7. The summed E-state index contributed by atoms with van der Waals surface area (Å²) in [5.74, 6) is 0. The van der Waals surface area contributed by atoms with Crippen molar-refractivity contribution >= 4 is 15.7 Å². The summed E-state index contributed by atoms with van der Waals surface area (Å²) in [7, 11) is -3.87. The third kappa shape index (κ3) is 3.72. The van der Waals surface area contributed by atoms with Gasteiger partial charge in [0.1, 0.15) is 0 Å². The number of nitro benzene ring substituents is 1.